The van der Waals surface area contributed by atoms with E-state index in [-0.39, 0.29) is 17.3 Å². The van der Waals surface area contributed by atoms with Gasteiger partial charge in [-0.2, -0.15) is 0 Å². The van der Waals surface area contributed by atoms with Gasteiger partial charge < -0.3 is 4.90 Å². The number of carbonyl (C=O) groups excluding carboxylic acids is 1. The van der Waals surface area contributed by atoms with Crippen molar-refractivity contribution in [3.05, 3.63) is 69.7 Å². The monoisotopic (exact) mass is 445 g/mol. The molecule has 3 rings (SSSR count). The van der Waals surface area contributed by atoms with Gasteiger partial charge >= 0.3 is 0 Å². The molecule has 0 spiro atoms. The van der Waals surface area contributed by atoms with Crippen molar-refractivity contribution in [1.82, 2.24) is 14.5 Å². The summed E-state index contributed by atoms with van der Waals surface area (Å²) >= 11 is 12.2. The number of para-hydroxylation sites is 1. The van der Waals surface area contributed by atoms with Gasteiger partial charge in [0.05, 0.1) is 28.0 Å². The van der Waals surface area contributed by atoms with Crippen LogP contribution in [0, 0.1) is 5.41 Å². The molecule has 1 aromatic heterocycles. The summed E-state index contributed by atoms with van der Waals surface area (Å²) in [4.78, 5) is 33.1. The van der Waals surface area contributed by atoms with E-state index in [4.69, 9.17) is 28.2 Å². The quantitative estimate of drug-likeness (QED) is 0.489. The molecule has 0 aliphatic carbocycles. The predicted octanol–water partition coefficient (Wildman–Crippen LogP) is 5.21. The number of fused-ring (bicyclic) bond motifs is 1. The van der Waals surface area contributed by atoms with E-state index in [9.17, 15) is 9.59 Å². The van der Waals surface area contributed by atoms with Gasteiger partial charge in [0, 0.05) is 18.0 Å². The molecule has 0 fully saturated rings. The van der Waals surface area contributed by atoms with Crippen LogP contribution in [0.5, 0.6) is 0 Å². The summed E-state index contributed by atoms with van der Waals surface area (Å²) in [7, 11) is 1.73. The van der Waals surface area contributed by atoms with Gasteiger partial charge in [-0.15, -0.1) is 11.6 Å². The molecule has 0 saturated heterocycles. The molecule has 7 heteroatoms. The SMILES string of the molecule is CCC(c1nc2ccccc2c(=O)n1-c1cccc(Cl)c1)N(C)C(=O)C(C)(C)CCl. The fourth-order valence-electron chi connectivity index (χ4n) is 3.54. The molecule has 158 valence electrons. The second kappa shape index (κ2) is 8.78. The zero-order valence-electron chi connectivity index (χ0n) is 17.5. The van der Waals surface area contributed by atoms with Crippen LogP contribution in [0.25, 0.3) is 16.6 Å². The minimum Gasteiger partial charge on any atom is -0.335 e. The van der Waals surface area contributed by atoms with Crippen LogP contribution in [0.2, 0.25) is 5.02 Å². The minimum absolute atomic E-state index is 0.107. The van der Waals surface area contributed by atoms with Crippen LogP contribution in [0.1, 0.15) is 39.1 Å². The molecule has 2 aromatic carbocycles. The molecule has 30 heavy (non-hydrogen) atoms. The van der Waals surface area contributed by atoms with E-state index in [0.29, 0.717) is 33.9 Å². The number of halogens is 2. The van der Waals surface area contributed by atoms with Gasteiger partial charge in [-0.25, -0.2) is 4.98 Å². The molecule has 5 nitrogen and oxygen atoms in total. The van der Waals surface area contributed by atoms with Crippen molar-refractivity contribution in [3.8, 4) is 5.69 Å². The number of hydrogen-bond donors (Lipinski definition) is 0. The molecule has 1 heterocycles. The van der Waals surface area contributed by atoms with Crippen molar-refractivity contribution in [1.29, 1.82) is 0 Å². The fraction of sp³-hybridized carbons (Fsp3) is 0.348. The Hall–Kier alpha value is -2.37. The minimum atomic E-state index is -0.734. The molecular weight excluding hydrogens is 421 g/mol. The first-order valence-corrected chi connectivity index (χ1v) is 10.7. The van der Waals surface area contributed by atoms with Crippen molar-refractivity contribution in [2.45, 2.75) is 33.2 Å². The third-order valence-electron chi connectivity index (χ3n) is 5.25. The van der Waals surface area contributed by atoms with E-state index in [1.807, 2.05) is 39.0 Å². The van der Waals surface area contributed by atoms with Gasteiger partial charge in [-0.3, -0.25) is 14.2 Å². The Morgan fingerprint density at radius 1 is 1.20 bits per heavy atom. The second-order valence-electron chi connectivity index (χ2n) is 7.97. The maximum absolute atomic E-state index is 13.5. The number of hydrogen-bond acceptors (Lipinski definition) is 3. The Kier molecular flexibility index (Phi) is 6.53. The zero-order valence-corrected chi connectivity index (χ0v) is 19.0. The molecule has 0 bridgehead atoms. The van der Waals surface area contributed by atoms with E-state index < -0.39 is 11.5 Å². The smallest absolute Gasteiger partial charge is 0.266 e. The summed E-state index contributed by atoms with van der Waals surface area (Å²) in [6.07, 6.45) is 0.575. The van der Waals surface area contributed by atoms with Crippen molar-refractivity contribution in [2.24, 2.45) is 5.41 Å². The van der Waals surface area contributed by atoms with Crippen molar-refractivity contribution in [2.75, 3.05) is 12.9 Å². The first-order valence-electron chi connectivity index (χ1n) is 9.82. The summed E-state index contributed by atoms with van der Waals surface area (Å²) in [6, 6.07) is 13.9. The standard InChI is InChI=1S/C23H25Cl2N3O2/c1-5-19(27(4)22(30)23(2,3)14-24)20-26-18-12-7-6-11-17(18)21(29)28(20)16-10-8-9-15(25)13-16/h6-13,19H,5,14H2,1-4H3. The predicted molar refractivity (Wildman–Crippen MR) is 123 cm³/mol. The lowest BCUT2D eigenvalue weighted by molar-refractivity contribution is -0.140. The van der Waals surface area contributed by atoms with Crippen LogP contribution < -0.4 is 5.56 Å². The summed E-state index contributed by atoms with van der Waals surface area (Å²) < 4.78 is 1.56. The summed E-state index contributed by atoms with van der Waals surface area (Å²) in [5.41, 5.74) is 0.263. The van der Waals surface area contributed by atoms with Gasteiger partial charge in [-0.05, 0) is 50.6 Å². The summed E-state index contributed by atoms with van der Waals surface area (Å²) in [5, 5.41) is 1.02. The largest absolute Gasteiger partial charge is 0.335 e. The molecule has 1 atom stereocenters. The van der Waals surface area contributed by atoms with Crippen molar-refractivity contribution in [3.63, 3.8) is 0 Å². The maximum Gasteiger partial charge on any atom is 0.266 e. The van der Waals surface area contributed by atoms with Crippen LogP contribution in [-0.4, -0.2) is 33.3 Å². The van der Waals surface area contributed by atoms with Gasteiger partial charge in [0.2, 0.25) is 5.91 Å². The molecule has 0 N–H and O–H groups in total. The van der Waals surface area contributed by atoms with Crippen LogP contribution in [0.15, 0.2) is 53.3 Å². The Morgan fingerprint density at radius 3 is 2.53 bits per heavy atom. The summed E-state index contributed by atoms with van der Waals surface area (Å²) in [6.45, 7) is 5.58. The average molecular weight is 446 g/mol. The molecule has 0 radical (unpaired) electrons. The highest BCUT2D eigenvalue weighted by Crippen LogP contribution is 2.30. The van der Waals surface area contributed by atoms with Crippen LogP contribution in [-0.2, 0) is 4.79 Å². The van der Waals surface area contributed by atoms with E-state index in [2.05, 4.69) is 0 Å². The lowest BCUT2D eigenvalue weighted by atomic mass is 9.93. The number of rotatable bonds is 6. The number of aromatic nitrogens is 2. The lowest BCUT2D eigenvalue weighted by Gasteiger charge is -2.34. The Morgan fingerprint density at radius 2 is 1.90 bits per heavy atom. The van der Waals surface area contributed by atoms with E-state index >= 15 is 0 Å². The van der Waals surface area contributed by atoms with Crippen LogP contribution >= 0.6 is 23.2 Å². The average Bonchev–Trinajstić information content (AvgIpc) is 2.73. The third-order valence-corrected chi connectivity index (χ3v) is 6.16. The molecule has 3 aromatic rings. The van der Waals surface area contributed by atoms with E-state index in [1.54, 1.807) is 46.8 Å². The molecule has 1 unspecified atom stereocenters. The normalized spacial score (nSPS) is 12.7. The van der Waals surface area contributed by atoms with Crippen molar-refractivity contribution >= 4 is 40.0 Å². The zero-order chi connectivity index (χ0) is 22.1. The number of nitrogens with zero attached hydrogens (tertiary/aromatic N) is 3. The van der Waals surface area contributed by atoms with Gasteiger partial charge in [0.15, 0.2) is 0 Å². The molecule has 0 aliphatic rings. The molecule has 0 saturated carbocycles. The highest BCUT2D eigenvalue weighted by Gasteiger charge is 2.34. The Balaban J connectivity index is 2.29. The fourth-order valence-corrected chi connectivity index (χ4v) is 3.84. The third kappa shape index (κ3) is 4.09. The van der Waals surface area contributed by atoms with Crippen molar-refractivity contribution < 1.29 is 4.79 Å². The first-order chi connectivity index (χ1) is 14.2. The maximum atomic E-state index is 13.5. The molecule has 0 aliphatic heterocycles. The lowest BCUT2D eigenvalue weighted by Crippen LogP contribution is -2.43. The van der Waals surface area contributed by atoms with Gasteiger partial charge in [0.25, 0.3) is 5.56 Å². The number of benzene rings is 2. The first kappa shape index (κ1) is 22.3. The Bertz CT molecular complexity index is 1140. The molecular formula is C23H25Cl2N3O2. The Labute approximate surface area is 186 Å². The molecule has 1 amide bonds. The second-order valence-corrected chi connectivity index (χ2v) is 8.67. The highest BCUT2D eigenvalue weighted by molar-refractivity contribution is 6.30. The van der Waals surface area contributed by atoms with E-state index in [1.165, 1.54) is 0 Å². The number of alkyl halides is 1. The summed E-state index contributed by atoms with van der Waals surface area (Å²) in [5.74, 6) is 0.577. The van der Waals surface area contributed by atoms with Gasteiger partial charge in [0.1, 0.15) is 5.82 Å². The highest BCUT2D eigenvalue weighted by atomic mass is 35.5. The van der Waals surface area contributed by atoms with Crippen LogP contribution in [0.4, 0.5) is 0 Å². The van der Waals surface area contributed by atoms with Crippen LogP contribution in [0.3, 0.4) is 0 Å². The van der Waals surface area contributed by atoms with E-state index in [0.717, 1.165) is 0 Å². The topological polar surface area (TPSA) is 55.2 Å². The number of carbonyl (C=O) groups is 1. The number of amides is 1. The van der Waals surface area contributed by atoms with Gasteiger partial charge in [-0.1, -0.05) is 36.7 Å².